The quantitative estimate of drug-likeness (QED) is 0.736. The van der Waals surface area contributed by atoms with E-state index in [-0.39, 0.29) is 0 Å². The molecule has 102 valence electrons. The molecule has 0 aromatic carbocycles. The molecule has 1 atom stereocenters. The second-order valence-electron chi connectivity index (χ2n) is 5.25. The van der Waals surface area contributed by atoms with Crippen molar-refractivity contribution >= 4 is 0 Å². The van der Waals surface area contributed by atoms with Crippen LogP contribution in [0.15, 0.2) is 18.5 Å². The molecule has 1 fully saturated rings. The summed E-state index contributed by atoms with van der Waals surface area (Å²) in [6.07, 6.45) is 6.65. The second kappa shape index (κ2) is 6.90. The third-order valence-electron chi connectivity index (χ3n) is 3.94. The molecule has 1 saturated heterocycles. The molecule has 0 radical (unpaired) electrons. The third-order valence-corrected chi connectivity index (χ3v) is 3.94. The number of nitrogens with zero attached hydrogens (tertiary/aromatic N) is 4. The van der Waals surface area contributed by atoms with Gasteiger partial charge in [-0.2, -0.15) is 5.10 Å². The highest BCUT2D eigenvalue weighted by Gasteiger charge is 2.19. The Balaban J connectivity index is 1.74. The van der Waals surface area contributed by atoms with Crippen LogP contribution in [0, 0.1) is 0 Å². The van der Waals surface area contributed by atoms with Crippen molar-refractivity contribution in [3.63, 3.8) is 0 Å². The van der Waals surface area contributed by atoms with Crippen LogP contribution < -0.4 is 0 Å². The Morgan fingerprint density at radius 1 is 1.33 bits per heavy atom. The predicted octanol–water partition coefficient (Wildman–Crippen LogP) is 1.69. The molecular formula is C14H26N4. The van der Waals surface area contributed by atoms with Gasteiger partial charge in [-0.05, 0) is 45.5 Å². The van der Waals surface area contributed by atoms with E-state index in [4.69, 9.17) is 0 Å². The minimum atomic E-state index is 0.685. The van der Waals surface area contributed by atoms with Crippen LogP contribution in [0.2, 0.25) is 0 Å². The van der Waals surface area contributed by atoms with Gasteiger partial charge in [0, 0.05) is 31.5 Å². The molecule has 2 heterocycles. The maximum atomic E-state index is 4.26. The summed E-state index contributed by atoms with van der Waals surface area (Å²) in [6.45, 7) is 11.6. The molecule has 1 aromatic heterocycles. The maximum Gasteiger partial charge on any atom is 0.0536 e. The first-order valence-corrected chi connectivity index (χ1v) is 7.23. The van der Waals surface area contributed by atoms with Crippen molar-refractivity contribution in [2.24, 2.45) is 0 Å². The molecule has 0 saturated carbocycles. The first kappa shape index (κ1) is 13.6. The van der Waals surface area contributed by atoms with Crippen molar-refractivity contribution in [1.82, 2.24) is 19.6 Å². The fourth-order valence-corrected chi connectivity index (χ4v) is 2.73. The normalized spacial score (nSPS) is 18.6. The van der Waals surface area contributed by atoms with Gasteiger partial charge in [0.25, 0.3) is 0 Å². The van der Waals surface area contributed by atoms with E-state index in [1.807, 2.05) is 23.1 Å². The van der Waals surface area contributed by atoms with Gasteiger partial charge in [-0.15, -0.1) is 0 Å². The van der Waals surface area contributed by atoms with Gasteiger partial charge in [0.05, 0.1) is 6.54 Å². The van der Waals surface area contributed by atoms with Gasteiger partial charge < -0.3 is 4.90 Å². The van der Waals surface area contributed by atoms with Crippen LogP contribution in [0.1, 0.15) is 26.7 Å². The Bertz CT molecular complexity index is 317. The van der Waals surface area contributed by atoms with Gasteiger partial charge in [-0.1, -0.05) is 6.92 Å². The molecule has 0 amide bonds. The van der Waals surface area contributed by atoms with Crippen molar-refractivity contribution in [2.45, 2.75) is 39.3 Å². The van der Waals surface area contributed by atoms with Gasteiger partial charge in [-0.25, -0.2) is 0 Å². The SMILES string of the molecule is CCN(CCn1cccn1)C[C@@H](C)N1CCCC1. The van der Waals surface area contributed by atoms with Crippen molar-refractivity contribution in [2.75, 3.05) is 32.7 Å². The van der Waals surface area contributed by atoms with Crippen molar-refractivity contribution in [1.29, 1.82) is 0 Å². The molecule has 0 N–H and O–H groups in total. The van der Waals surface area contributed by atoms with Gasteiger partial charge in [0.1, 0.15) is 0 Å². The first-order valence-electron chi connectivity index (χ1n) is 7.23. The zero-order valence-corrected chi connectivity index (χ0v) is 11.8. The van der Waals surface area contributed by atoms with Gasteiger partial charge >= 0.3 is 0 Å². The van der Waals surface area contributed by atoms with Crippen molar-refractivity contribution < 1.29 is 0 Å². The number of likely N-dealkylation sites (N-methyl/N-ethyl adjacent to an activating group) is 1. The molecule has 4 nitrogen and oxygen atoms in total. The zero-order chi connectivity index (χ0) is 12.8. The molecular weight excluding hydrogens is 224 g/mol. The van der Waals surface area contributed by atoms with E-state index in [1.165, 1.54) is 32.5 Å². The fourth-order valence-electron chi connectivity index (χ4n) is 2.73. The number of hydrogen-bond acceptors (Lipinski definition) is 3. The predicted molar refractivity (Wildman–Crippen MR) is 74.6 cm³/mol. The third kappa shape index (κ3) is 3.82. The van der Waals surface area contributed by atoms with Gasteiger partial charge in [0.15, 0.2) is 0 Å². The summed E-state index contributed by atoms with van der Waals surface area (Å²) in [5, 5.41) is 4.26. The molecule has 0 unspecified atom stereocenters. The Kier molecular flexibility index (Phi) is 5.20. The Morgan fingerprint density at radius 3 is 2.72 bits per heavy atom. The highest BCUT2D eigenvalue weighted by molar-refractivity contribution is 4.79. The summed E-state index contributed by atoms with van der Waals surface area (Å²) in [4.78, 5) is 5.15. The van der Waals surface area contributed by atoms with E-state index >= 15 is 0 Å². The Morgan fingerprint density at radius 2 is 2.11 bits per heavy atom. The lowest BCUT2D eigenvalue weighted by atomic mass is 10.2. The topological polar surface area (TPSA) is 24.3 Å². The molecule has 4 heteroatoms. The number of aromatic nitrogens is 2. The summed E-state index contributed by atoms with van der Waals surface area (Å²) in [5.74, 6) is 0. The number of hydrogen-bond donors (Lipinski definition) is 0. The highest BCUT2D eigenvalue weighted by atomic mass is 15.3. The van der Waals surface area contributed by atoms with E-state index in [9.17, 15) is 0 Å². The van der Waals surface area contributed by atoms with Crippen LogP contribution in [0.5, 0.6) is 0 Å². The van der Waals surface area contributed by atoms with E-state index in [2.05, 4.69) is 28.7 Å². The Hall–Kier alpha value is -0.870. The average molecular weight is 250 g/mol. The lowest BCUT2D eigenvalue weighted by molar-refractivity contribution is 0.171. The number of likely N-dealkylation sites (tertiary alicyclic amines) is 1. The van der Waals surface area contributed by atoms with Crippen LogP contribution in [0.4, 0.5) is 0 Å². The van der Waals surface area contributed by atoms with Gasteiger partial charge in [0.2, 0.25) is 0 Å². The summed E-state index contributed by atoms with van der Waals surface area (Å²) >= 11 is 0. The highest BCUT2D eigenvalue weighted by Crippen LogP contribution is 2.12. The molecule has 0 aliphatic carbocycles. The monoisotopic (exact) mass is 250 g/mol. The molecule has 1 aliphatic rings. The summed E-state index contributed by atoms with van der Waals surface area (Å²) < 4.78 is 2.02. The lowest BCUT2D eigenvalue weighted by Crippen LogP contribution is -2.41. The largest absolute Gasteiger partial charge is 0.300 e. The molecule has 0 bridgehead atoms. The minimum Gasteiger partial charge on any atom is -0.300 e. The lowest BCUT2D eigenvalue weighted by Gasteiger charge is -2.30. The zero-order valence-electron chi connectivity index (χ0n) is 11.8. The summed E-state index contributed by atoms with van der Waals surface area (Å²) in [7, 11) is 0. The molecule has 2 rings (SSSR count). The van der Waals surface area contributed by atoms with E-state index in [0.29, 0.717) is 6.04 Å². The standard InChI is InChI=1S/C14H26N4/c1-3-16(11-12-18-10-6-7-15-18)13-14(2)17-8-4-5-9-17/h6-7,10,14H,3-5,8-9,11-13H2,1-2H3/t14-/m1/s1. The maximum absolute atomic E-state index is 4.26. The van der Waals surface area contributed by atoms with E-state index < -0.39 is 0 Å². The molecule has 0 spiro atoms. The minimum absolute atomic E-state index is 0.685. The van der Waals surface area contributed by atoms with Crippen LogP contribution in [-0.4, -0.2) is 58.3 Å². The smallest absolute Gasteiger partial charge is 0.0536 e. The van der Waals surface area contributed by atoms with Crippen molar-refractivity contribution in [3.8, 4) is 0 Å². The number of rotatable bonds is 7. The molecule has 1 aliphatic heterocycles. The van der Waals surface area contributed by atoms with Crippen LogP contribution in [-0.2, 0) is 6.54 Å². The second-order valence-corrected chi connectivity index (χ2v) is 5.25. The average Bonchev–Trinajstić information content (AvgIpc) is 3.05. The van der Waals surface area contributed by atoms with Crippen LogP contribution in [0.25, 0.3) is 0 Å². The van der Waals surface area contributed by atoms with Gasteiger partial charge in [-0.3, -0.25) is 9.58 Å². The fraction of sp³-hybridized carbons (Fsp3) is 0.786. The summed E-state index contributed by atoms with van der Waals surface area (Å²) in [6, 6.07) is 2.67. The van der Waals surface area contributed by atoms with E-state index in [1.54, 1.807) is 0 Å². The van der Waals surface area contributed by atoms with E-state index in [0.717, 1.165) is 19.6 Å². The molecule has 1 aromatic rings. The Labute approximate surface area is 111 Å². The summed E-state index contributed by atoms with van der Waals surface area (Å²) in [5.41, 5.74) is 0. The van der Waals surface area contributed by atoms with Crippen LogP contribution in [0.3, 0.4) is 0 Å². The molecule has 18 heavy (non-hydrogen) atoms. The van der Waals surface area contributed by atoms with Crippen molar-refractivity contribution in [3.05, 3.63) is 18.5 Å². The van der Waals surface area contributed by atoms with Crippen LogP contribution >= 0.6 is 0 Å². The first-order chi connectivity index (χ1) is 8.79.